The summed E-state index contributed by atoms with van der Waals surface area (Å²) in [4.78, 5) is 3.85. The van der Waals surface area contributed by atoms with Gasteiger partial charge in [0.25, 0.3) is 0 Å². The van der Waals surface area contributed by atoms with Gasteiger partial charge in [0.1, 0.15) is 17.4 Å². The number of halogens is 3. The molecule has 0 aliphatic rings. The van der Waals surface area contributed by atoms with E-state index >= 15 is 0 Å². The average molecular weight is 297 g/mol. The molecule has 1 aromatic carbocycles. The summed E-state index contributed by atoms with van der Waals surface area (Å²) in [5, 5.41) is 2.79. The SMILES string of the molecule is CCOc1ccccc1Nc1cc(C(F)(F)F)cc(N)n1. The van der Waals surface area contributed by atoms with Gasteiger partial charge in [0.15, 0.2) is 0 Å². The van der Waals surface area contributed by atoms with Gasteiger partial charge < -0.3 is 15.8 Å². The Morgan fingerprint density at radius 1 is 1.24 bits per heavy atom. The molecule has 2 rings (SSSR count). The lowest BCUT2D eigenvalue weighted by Gasteiger charge is -2.14. The van der Waals surface area contributed by atoms with E-state index in [0.717, 1.165) is 12.1 Å². The van der Waals surface area contributed by atoms with Gasteiger partial charge in [-0.05, 0) is 31.2 Å². The molecule has 0 spiro atoms. The van der Waals surface area contributed by atoms with Gasteiger partial charge in [-0.25, -0.2) is 4.98 Å². The molecule has 0 aliphatic heterocycles. The van der Waals surface area contributed by atoms with Crippen molar-refractivity contribution in [2.24, 2.45) is 0 Å². The minimum Gasteiger partial charge on any atom is -0.492 e. The van der Waals surface area contributed by atoms with Gasteiger partial charge in [-0.3, -0.25) is 0 Å². The molecule has 21 heavy (non-hydrogen) atoms. The molecule has 3 N–H and O–H groups in total. The molecule has 0 fully saturated rings. The summed E-state index contributed by atoms with van der Waals surface area (Å²) in [6, 6.07) is 8.59. The summed E-state index contributed by atoms with van der Waals surface area (Å²) in [6.45, 7) is 2.26. The van der Waals surface area contributed by atoms with Gasteiger partial charge in [0, 0.05) is 0 Å². The van der Waals surface area contributed by atoms with E-state index in [1.165, 1.54) is 0 Å². The highest BCUT2D eigenvalue weighted by molar-refractivity contribution is 5.65. The van der Waals surface area contributed by atoms with Crippen LogP contribution in [0, 0.1) is 0 Å². The second kappa shape index (κ2) is 5.90. The van der Waals surface area contributed by atoms with E-state index in [0.29, 0.717) is 18.0 Å². The van der Waals surface area contributed by atoms with Crippen LogP contribution in [0.1, 0.15) is 12.5 Å². The van der Waals surface area contributed by atoms with Gasteiger partial charge >= 0.3 is 6.18 Å². The molecule has 1 aromatic heterocycles. The average Bonchev–Trinajstić information content (AvgIpc) is 2.40. The maximum atomic E-state index is 12.8. The van der Waals surface area contributed by atoms with Crippen molar-refractivity contribution in [2.75, 3.05) is 17.7 Å². The number of ether oxygens (including phenoxy) is 1. The lowest BCUT2D eigenvalue weighted by atomic mass is 10.2. The summed E-state index contributed by atoms with van der Waals surface area (Å²) < 4.78 is 43.6. The summed E-state index contributed by atoms with van der Waals surface area (Å²) in [5.41, 5.74) is 5.09. The fourth-order valence-corrected chi connectivity index (χ4v) is 1.77. The first-order valence-electron chi connectivity index (χ1n) is 6.23. The third-order valence-electron chi connectivity index (χ3n) is 2.62. The zero-order chi connectivity index (χ0) is 15.5. The Morgan fingerprint density at radius 2 is 1.95 bits per heavy atom. The zero-order valence-corrected chi connectivity index (χ0v) is 11.2. The molecule has 0 unspecified atom stereocenters. The summed E-state index contributed by atoms with van der Waals surface area (Å²) in [6.07, 6.45) is -4.48. The van der Waals surface area contributed by atoms with Gasteiger partial charge in [-0.1, -0.05) is 12.1 Å². The van der Waals surface area contributed by atoms with Crippen LogP contribution in [0.3, 0.4) is 0 Å². The van der Waals surface area contributed by atoms with Gasteiger partial charge in [-0.2, -0.15) is 13.2 Å². The van der Waals surface area contributed by atoms with E-state index in [1.54, 1.807) is 24.3 Å². The Balaban J connectivity index is 2.34. The number of pyridine rings is 1. The molecule has 1 heterocycles. The lowest BCUT2D eigenvalue weighted by molar-refractivity contribution is -0.137. The number of aromatic nitrogens is 1. The van der Waals surface area contributed by atoms with Crippen molar-refractivity contribution in [3.63, 3.8) is 0 Å². The van der Waals surface area contributed by atoms with Crippen LogP contribution in [0.2, 0.25) is 0 Å². The first kappa shape index (κ1) is 15.0. The Labute approximate surface area is 119 Å². The number of anilines is 3. The largest absolute Gasteiger partial charge is 0.492 e. The maximum Gasteiger partial charge on any atom is 0.416 e. The number of para-hydroxylation sites is 2. The van der Waals surface area contributed by atoms with E-state index in [2.05, 4.69) is 10.3 Å². The Bertz CT molecular complexity index is 629. The molecular weight excluding hydrogens is 283 g/mol. The lowest BCUT2D eigenvalue weighted by Crippen LogP contribution is -2.08. The monoisotopic (exact) mass is 297 g/mol. The minimum atomic E-state index is -4.48. The molecule has 0 atom stereocenters. The molecule has 4 nitrogen and oxygen atoms in total. The van der Waals surface area contributed by atoms with Gasteiger partial charge in [0.05, 0.1) is 17.9 Å². The molecule has 0 aliphatic carbocycles. The van der Waals surface area contributed by atoms with Crippen molar-refractivity contribution in [1.82, 2.24) is 4.98 Å². The molecule has 112 valence electrons. The number of hydrogen-bond acceptors (Lipinski definition) is 4. The van der Waals surface area contributed by atoms with Crippen molar-refractivity contribution >= 4 is 17.3 Å². The maximum absolute atomic E-state index is 12.8. The number of alkyl halides is 3. The van der Waals surface area contributed by atoms with E-state index in [1.807, 2.05) is 6.92 Å². The highest BCUT2D eigenvalue weighted by Gasteiger charge is 2.31. The quantitative estimate of drug-likeness (QED) is 0.900. The standard InChI is InChI=1S/C14H14F3N3O/c1-2-21-11-6-4-3-5-10(11)19-13-8-9(14(15,16)17)7-12(18)20-13/h3-8H,2H2,1H3,(H3,18,19,20). The number of rotatable bonds is 4. The highest BCUT2D eigenvalue weighted by atomic mass is 19.4. The van der Waals surface area contributed by atoms with E-state index in [-0.39, 0.29) is 11.6 Å². The smallest absolute Gasteiger partial charge is 0.416 e. The van der Waals surface area contributed by atoms with Crippen molar-refractivity contribution < 1.29 is 17.9 Å². The Kier molecular flexibility index (Phi) is 4.21. The molecule has 0 radical (unpaired) electrons. The molecule has 0 amide bonds. The minimum absolute atomic E-state index is 0.00878. The second-order valence-electron chi connectivity index (χ2n) is 4.22. The summed E-state index contributed by atoms with van der Waals surface area (Å²) in [5.74, 6) is 0.327. The number of nitrogens with one attached hydrogen (secondary N) is 1. The zero-order valence-electron chi connectivity index (χ0n) is 11.2. The van der Waals surface area contributed by atoms with Crippen molar-refractivity contribution in [2.45, 2.75) is 13.1 Å². The first-order valence-corrected chi connectivity index (χ1v) is 6.23. The fourth-order valence-electron chi connectivity index (χ4n) is 1.77. The van der Waals surface area contributed by atoms with E-state index in [4.69, 9.17) is 10.5 Å². The Morgan fingerprint density at radius 3 is 2.62 bits per heavy atom. The van der Waals surface area contributed by atoms with Crippen LogP contribution in [0.5, 0.6) is 5.75 Å². The molecule has 0 bridgehead atoms. The Hall–Kier alpha value is -2.44. The van der Waals surface area contributed by atoms with Crippen LogP contribution in [-0.2, 0) is 6.18 Å². The predicted octanol–water partition coefficient (Wildman–Crippen LogP) is 3.82. The van der Waals surface area contributed by atoms with Crippen LogP contribution in [0.25, 0.3) is 0 Å². The molecule has 7 heteroatoms. The molecule has 2 aromatic rings. The summed E-state index contributed by atoms with van der Waals surface area (Å²) in [7, 11) is 0. The number of hydrogen-bond donors (Lipinski definition) is 2. The highest BCUT2D eigenvalue weighted by Crippen LogP contribution is 2.33. The first-order chi connectivity index (χ1) is 9.90. The van der Waals surface area contributed by atoms with Crippen LogP contribution in [-0.4, -0.2) is 11.6 Å². The second-order valence-corrected chi connectivity index (χ2v) is 4.22. The van der Waals surface area contributed by atoms with Crippen molar-refractivity contribution in [1.29, 1.82) is 0 Å². The third-order valence-corrected chi connectivity index (χ3v) is 2.62. The summed E-state index contributed by atoms with van der Waals surface area (Å²) >= 11 is 0. The van der Waals surface area contributed by atoms with Crippen LogP contribution >= 0.6 is 0 Å². The van der Waals surface area contributed by atoms with Crippen molar-refractivity contribution in [3.05, 3.63) is 42.0 Å². The topological polar surface area (TPSA) is 60.2 Å². The van der Waals surface area contributed by atoms with E-state index in [9.17, 15) is 13.2 Å². The van der Waals surface area contributed by atoms with Gasteiger partial charge in [0.2, 0.25) is 0 Å². The number of nitrogens with zero attached hydrogens (tertiary/aromatic N) is 1. The van der Waals surface area contributed by atoms with E-state index < -0.39 is 11.7 Å². The number of nitrogen functional groups attached to an aromatic ring is 1. The van der Waals surface area contributed by atoms with Crippen LogP contribution in [0.4, 0.5) is 30.5 Å². The van der Waals surface area contributed by atoms with Crippen LogP contribution < -0.4 is 15.8 Å². The fraction of sp³-hybridized carbons (Fsp3) is 0.214. The number of benzene rings is 1. The van der Waals surface area contributed by atoms with Gasteiger partial charge in [-0.15, -0.1) is 0 Å². The van der Waals surface area contributed by atoms with Crippen molar-refractivity contribution in [3.8, 4) is 5.75 Å². The molecule has 0 saturated heterocycles. The normalized spacial score (nSPS) is 11.2. The predicted molar refractivity (Wildman–Crippen MR) is 74.5 cm³/mol. The number of nitrogens with two attached hydrogens (primary N) is 1. The third kappa shape index (κ3) is 3.77. The van der Waals surface area contributed by atoms with Crippen LogP contribution in [0.15, 0.2) is 36.4 Å². The molecular formula is C14H14F3N3O. The molecule has 0 saturated carbocycles.